The Morgan fingerprint density at radius 3 is 2.71 bits per heavy atom. The molecule has 0 aromatic carbocycles. The van der Waals surface area contributed by atoms with Gasteiger partial charge in [0.15, 0.2) is 0 Å². The zero-order chi connectivity index (χ0) is 15.4. The number of rotatable bonds is 6. The minimum Gasteiger partial charge on any atom is -0.313 e. The summed E-state index contributed by atoms with van der Waals surface area (Å²) >= 11 is 6.50. The van der Waals surface area contributed by atoms with Crippen LogP contribution in [0.15, 0.2) is 0 Å². The smallest absolute Gasteiger partial charge is 0.0863 e. The van der Waals surface area contributed by atoms with Gasteiger partial charge in [-0.1, -0.05) is 24.9 Å². The van der Waals surface area contributed by atoms with Crippen molar-refractivity contribution in [3.63, 3.8) is 0 Å². The summed E-state index contributed by atoms with van der Waals surface area (Å²) in [6.45, 7) is 9.73. The fraction of sp³-hybridized carbons (Fsp3) is 0.812. The Labute approximate surface area is 133 Å². The highest BCUT2D eigenvalue weighted by Gasteiger charge is 2.22. The Bertz CT molecular complexity index is 449. The number of nitrogens with one attached hydrogen (secondary N) is 1. The molecule has 120 valence electrons. The maximum Gasteiger partial charge on any atom is 0.0863 e. The second kappa shape index (κ2) is 7.61. The van der Waals surface area contributed by atoms with Gasteiger partial charge in [0, 0.05) is 32.2 Å². The van der Waals surface area contributed by atoms with Crippen molar-refractivity contribution in [3.05, 3.63) is 16.4 Å². The molecule has 0 saturated carbocycles. The topological polar surface area (TPSA) is 33.1 Å². The number of hydrogen-bond acceptors (Lipinski definition) is 3. The molecule has 0 radical (unpaired) electrons. The summed E-state index contributed by atoms with van der Waals surface area (Å²) in [6.07, 6.45) is 4.82. The molecule has 0 bridgehead atoms. The van der Waals surface area contributed by atoms with Crippen molar-refractivity contribution in [3.8, 4) is 0 Å². The van der Waals surface area contributed by atoms with Gasteiger partial charge in [-0.3, -0.25) is 9.58 Å². The highest BCUT2D eigenvalue weighted by Crippen LogP contribution is 2.23. The van der Waals surface area contributed by atoms with Gasteiger partial charge < -0.3 is 5.32 Å². The first-order valence-electron chi connectivity index (χ1n) is 8.20. The van der Waals surface area contributed by atoms with Crippen LogP contribution in [0.1, 0.15) is 51.4 Å². The molecular formula is C16H29ClN4. The summed E-state index contributed by atoms with van der Waals surface area (Å²) in [4.78, 5) is 2.51. The molecule has 0 spiro atoms. The van der Waals surface area contributed by atoms with Gasteiger partial charge >= 0.3 is 0 Å². The first-order valence-corrected chi connectivity index (χ1v) is 8.58. The van der Waals surface area contributed by atoms with Crippen LogP contribution in [0.3, 0.4) is 0 Å². The van der Waals surface area contributed by atoms with Crippen LogP contribution in [-0.4, -0.2) is 39.9 Å². The Morgan fingerprint density at radius 2 is 2.19 bits per heavy atom. The van der Waals surface area contributed by atoms with E-state index in [0.29, 0.717) is 12.1 Å². The third-order valence-electron chi connectivity index (χ3n) is 4.45. The molecule has 2 heterocycles. The predicted molar refractivity (Wildman–Crippen MR) is 88.8 cm³/mol. The van der Waals surface area contributed by atoms with Crippen molar-refractivity contribution in [2.75, 3.05) is 13.1 Å². The van der Waals surface area contributed by atoms with Gasteiger partial charge in [-0.2, -0.15) is 5.10 Å². The minimum atomic E-state index is 0.504. The van der Waals surface area contributed by atoms with Crippen molar-refractivity contribution in [2.24, 2.45) is 7.05 Å². The third-order valence-corrected chi connectivity index (χ3v) is 4.89. The molecule has 1 atom stereocenters. The van der Waals surface area contributed by atoms with Crippen LogP contribution in [0.25, 0.3) is 0 Å². The molecule has 1 aromatic heterocycles. The van der Waals surface area contributed by atoms with E-state index < -0.39 is 0 Å². The maximum absolute atomic E-state index is 6.50. The minimum absolute atomic E-state index is 0.504. The third kappa shape index (κ3) is 4.21. The molecule has 2 rings (SSSR count). The summed E-state index contributed by atoms with van der Waals surface area (Å²) in [5, 5.41) is 9.02. The van der Waals surface area contributed by atoms with E-state index in [1.54, 1.807) is 0 Å². The van der Waals surface area contributed by atoms with Gasteiger partial charge in [-0.25, -0.2) is 0 Å². The summed E-state index contributed by atoms with van der Waals surface area (Å²) in [5.41, 5.74) is 2.15. The van der Waals surface area contributed by atoms with Crippen LogP contribution in [0.4, 0.5) is 0 Å². The molecule has 1 fully saturated rings. The lowest BCUT2D eigenvalue weighted by molar-refractivity contribution is 0.173. The number of hydrogen-bond donors (Lipinski definition) is 1. The van der Waals surface area contributed by atoms with E-state index in [1.165, 1.54) is 19.3 Å². The largest absolute Gasteiger partial charge is 0.313 e. The lowest BCUT2D eigenvalue weighted by atomic mass is 10.0. The molecule has 1 aromatic rings. The van der Waals surface area contributed by atoms with Gasteiger partial charge in [0.1, 0.15) is 0 Å². The SMILES string of the molecule is CCc1nn(C)c(CN(CC2CCCCN2)C(C)C)c1Cl. The van der Waals surface area contributed by atoms with Gasteiger partial charge in [0.25, 0.3) is 0 Å². The number of nitrogens with zero attached hydrogens (tertiary/aromatic N) is 3. The summed E-state index contributed by atoms with van der Waals surface area (Å²) in [5.74, 6) is 0. The number of aryl methyl sites for hydroxylation is 2. The second-order valence-electron chi connectivity index (χ2n) is 6.35. The fourth-order valence-electron chi connectivity index (χ4n) is 3.00. The molecule has 1 unspecified atom stereocenters. The molecule has 1 saturated heterocycles. The quantitative estimate of drug-likeness (QED) is 0.876. The first-order chi connectivity index (χ1) is 10.0. The van der Waals surface area contributed by atoms with E-state index in [1.807, 2.05) is 11.7 Å². The summed E-state index contributed by atoms with van der Waals surface area (Å²) in [6, 6.07) is 1.11. The number of aromatic nitrogens is 2. The average Bonchev–Trinajstić information content (AvgIpc) is 2.74. The van der Waals surface area contributed by atoms with Crippen LogP contribution in [0, 0.1) is 0 Å². The van der Waals surface area contributed by atoms with Crippen molar-refractivity contribution >= 4 is 11.6 Å². The van der Waals surface area contributed by atoms with Gasteiger partial charge in [0.2, 0.25) is 0 Å². The van der Waals surface area contributed by atoms with Crippen LogP contribution in [-0.2, 0) is 20.0 Å². The molecule has 1 aliphatic rings. The van der Waals surface area contributed by atoms with Crippen molar-refractivity contribution in [1.29, 1.82) is 0 Å². The van der Waals surface area contributed by atoms with E-state index >= 15 is 0 Å². The number of halogens is 1. The summed E-state index contributed by atoms with van der Waals surface area (Å²) < 4.78 is 1.95. The van der Waals surface area contributed by atoms with E-state index in [4.69, 9.17) is 11.6 Å². The summed E-state index contributed by atoms with van der Waals surface area (Å²) in [7, 11) is 2.00. The second-order valence-corrected chi connectivity index (χ2v) is 6.73. The Hall–Kier alpha value is -0.580. The lowest BCUT2D eigenvalue weighted by Gasteiger charge is -2.33. The van der Waals surface area contributed by atoms with Crippen molar-refractivity contribution in [1.82, 2.24) is 20.0 Å². The standard InChI is InChI=1S/C16H29ClN4/c1-5-14-16(17)15(20(4)19-14)11-21(12(2)3)10-13-8-6-7-9-18-13/h12-13,18H,5-11H2,1-4H3. The molecular weight excluding hydrogens is 284 g/mol. The first kappa shape index (κ1) is 16.8. The highest BCUT2D eigenvalue weighted by atomic mass is 35.5. The van der Waals surface area contributed by atoms with Crippen LogP contribution < -0.4 is 5.32 Å². The van der Waals surface area contributed by atoms with Gasteiger partial charge in [-0.15, -0.1) is 0 Å². The Balaban J connectivity index is 2.07. The van der Waals surface area contributed by atoms with Crippen LogP contribution >= 0.6 is 11.6 Å². The normalized spacial score (nSPS) is 19.7. The van der Waals surface area contributed by atoms with Crippen LogP contribution in [0.2, 0.25) is 5.02 Å². The Kier molecular flexibility index (Phi) is 6.08. The van der Waals surface area contributed by atoms with Gasteiger partial charge in [-0.05, 0) is 39.7 Å². The molecule has 0 amide bonds. The molecule has 1 N–H and O–H groups in total. The van der Waals surface area contributed by atoms with Crippen LogP contribution in [0.5, 0.6) is 0 Å². The van der Waals surface area contributed by atoms with E-state index in [2.05, 4.69) is 36.1 Å². The number of piperidine rings is 1. The van der Waals surface area contributed by atoms with E-state index in [9.17, 15) is 0 Å². The van der Waals surface area contributed by atoms with Crippen molar-refractivity contribution < 1.29 is 0 Å². The van der Waals surface area contributed by atoms with Gasteiger partial charge in [0.05, 0.1) is 16.4 Å². The molecule has 1 aliphatic heterocycles. The predicted octanol–water partition coefficient (Wildman–Crippen LogP) is 2.99. The zero-order valence-electron chi connectivity index (χ0n) is 13.8. The molecule has 5 heteroatoms. The zero-order valence-corrected chi connectivity index (χ0v) is 14.6. The fourth-order valence-corrected chi connectivity index (χ4v) is 3.36. The van der Waals surface area contributed by atoms with E-state index in [-0.39, 0.29) is 0 Å². The highest BCUT2D eigenvalue weighted by molar-refractivity contribution is 6.31. The monoisotopic (exact) mass is 312 g/mol. The van der Waals surface area contributed by atoms with Crippen molar-refractivity contribution in [2.45, 2.75) is 65.1 Å². The Morgan fingerprint density at radius 1 is 1.43 bits per heavy atom. The molecule has 4 nitrogen and oxygen atoms in total. The molecule has 21 heavy (non-hydrogen) atoms. The van der Waals surface area contributed by atoms with E-state index in [0.717, 1.165) is 42.5 Å². The maximum atomic E-state index is 6.50. The molecule has 0 aliphatic carbocycles. The average molecular weight is 313 g/mol. The lowest BCUT2D eigenvalue weighted by Crippen LogP contribution is -2.45.